The lowest BCUT2D eigenvalue weighted by Gasteiger charge is -1.98. The molecule has 2 heteroatoms. The van der Waals surface area contributed by atoms with Crippen LogP contribution < -0.4 is 5.73 Å². The zero-order valence-corrected chi connectivity index (χ0v) is 4.09. The Kier molecular flexibility index (Phi) is 1.11. The monoisotopic (exact) mass is 96.1 g/mol. The Morgan fingerprint density at radius 1 is 1.71 bits per heavy atom. The van der Waals surface area contributed by atoms with Crippen LogP contribution in [-0.4, -0.2) is 12.8 Å². The zero-order valence-electron chi connectivity index (χ0n) is 4.09. The molecule has 0 radical (unpaired) electrons. The fraction of sp³-hybridized carbons (Fsp3) is 0.400. The fourth-order valence-corrected chi connectivity index (χ4v) is 0.500. The standard InChI is InChI=1S/C5H8N2/c6-5-1-3-7-4-2-5/h1,3H,2,4,6H2. The summed E-state index contributed by atoms with van der Waals surface area (Å²) in [5.74, 6) is 0. The maximum Gasteiger partial charge on any atom is 0.0443 e. The van der Waals surface area contributed by atoms with Gasteiger partial charge in [0.05, 0.1) is 0 Å². The van der Waals surface area contributed by atoms with Gasteiger partial charge in [0.15, 0.2) is 0 Å². The van der Waals surface area contributed by atoms with E-state index in [9.17, 15) is 0 Å². The molecule has 1 aliphatic rings. The molecular formula is C5H8N2. The predicted octanol–water partition coefficient (Wildman–Crippen LogP) is 0.304. The van der Waals surface area contributed by atoms with E-state index in [1.54, 1.807) is 6.21 Å². The lowest BCUT2D eigenvalue weighted by atomic mass is 10.3. The van der Waals surface area contributed by atoms with Crippen molar-refractivity contribution in [2.75, 3.05) is 6.54 Å². The first-order valence-corrected chi connectivity index (χ1v) is 2.34. The van der Waals surface area contributed by atoms with E-state index in [1.165, 1.54) is 0 Å². The Morgan fingerprint density at radius 3 is 2.86 bits per heavy atom. The van der Waals surface area contributed by atoms with Crippen LogP contribution in [0.2, 0.25) is 0 Å². The van der Waals surface area contributed by atoms with E-state index in [0.29, 0.717) is 0 Å². The van der Waals surface area contributed by atoms with Gasteiger partial charge in [-0.1, -0.05) is 0 Å². The molecule has 1 rings (SSSR count). The number of nitrogens with zero attached hydrogens (tertiary/aromatic N) is 1. The van der Waals surface area contributed by atoms with Crippen LogP contribution in [0.15, 0.2) is 16.8 Å². The van der Waals surface area contributed by atoms with Crippen LogP contribution >= 0.6 is 0 Å². The molecule has 2 nitrogen and oxygen atoms in total. The summed E-state index contributed by atoms with van der Waals surface area (Å²) < 4.78 is 0. The second kappa shape index (κ2) is 1.78. The van der Waals surface area contributed by atoms with Crippen molar-refractivity contribution in [2.24, 2.45) is 10.7 Å². The SMILES string of the molecule is NC1=CC=NCC1. The van der Waals surface area contributed by atoms with Crippen molar-refractivity contribution >= 4 is 6.21 Å². The van der Waals surface area contributed by atoms with Crippen LogP contribution in [0, 0.1) is 0 Å². The topological polar surface area (TPSA) is 38.4 Å². The van der Waals surface area contributed by atoms with E-state index in [4.69, 9.17) is 5.73 Å². The lowest BCUT2D eigenvalue weighted by molar-refractivity contribution is 0.928. The van der Waals surface area contributed by atoms with Gasteiger partial charge < -0.3 is 5.73 Å². The highest BCUT2D eigenvalue weighted by Gasteiger charge is 1.89. The third-order valence-corrected chi connectivity index (χ3v) is 0.924. The first-order valence-electron chi connectivity index (χ1n) is 2.34. The molecule has 0 spiro atoms. The molecule has 38 valence electrons. The molecule has 0 aromatic carbocycles. The first-order chi connectivity index (χ1) is 3.39. The summed E-state index contributed by atoms with van der Waals surface area (Å²) in [5, 5.41) is 0. The number of dihydropyridines is 1. The van der Waals surface area contributed by atoms with Crippen molar-refractivity contribution in [3.8, 4) is 0 Å². The van der Waals surface area contributed by atoms with Crippen molar-refractivity contribution in [1.29, 1.82) is 0 Å². The van der Waals surface area contributed by atoms with Gasteiger partial charge in [0.25, 0.3) is 0 Å². The fourth-order valence-electron chi connectivity index (χ4n) is 0.500. The molecule has 0 fully saturated rings. The van der Waals surface area contributed by atoms with Gasteiger partial charge >= 0.3 is 0 Å². The van der Waals surface area contributed by atoms with E-state index in [1.807, 2.05) is 6.08 Å². The molecule has 7 heavy (non-hydrogen) atoms. The largest absolute Gasteiger partial charge is 0.402 e. The van der Waals surface area contributed by atoms with E-state index in [0.717, 1.165) is 18.7 Å². The molecule has 0 saturated heterocycles. The smallest absolute Gasteiger partial charge is 0.0443 e. The maximum absolute atomic E-state index is 5.40. The summed E-state index contributed by atoms with van der Waals surface area (Å²) >= 11 is 0. The summed E-state index contributed by atoms with van der Waals surface area (Å²) in [6.07, 6.45) is 4.51. The lowest BCUT2D eigenvalue weighted by Crippen LogP contribution is -2.02. The molecule has 0 aromatic heterocycles. The average molecular weight is 96.1 g/mol. The molecule has 0 unspecified atom stereocenters. The first kappa shape index (κ1) is 4.37. The molecule has 0 saturated carbocycles. The van der Waals surface area contributed by atoms with Crippen molar-refractivity contribution in [1.82, 2.24) is 0 Å². The van der Waals surface area contributed by atoms with Gasteiger partial charge in [-0.05, 0) is 6.08 Å². The van der Waals surface area contributed by atoms with Gasteiger partial charge in [0.2, 0.25) is 0 Å². The minimum Gasteiger partial charge on any atom is -0.402 e. The van der Waals surface area contributed by atoms with Gasteiger partial charge in [-0.2, -0.15) is 0 Å². The van der Waals surface area contributed by atoms with Crippen LogP contribution in [0.3, 0.4) is 0 Å². The van der Waals surface area contributed by atoms with Crippen molar-refractivity contribution in [3.05, 3.63) is 11.8 Å². The van der Waals surface area contributed by atoms with Crippen LogP contribution in [0.1, 0.15) is 6.42 Å². The van der Waals surface area contributed by atoms with Crippen LogP contribution in [0.25, 0.3) is 0 Å². The maximum atomic E-state index is 5.40. The molecule has 1 aliphatic heterocycles. The highest BCUT2D eigenvalue weighted by atomic mass is 14.7. The highest BCUT2D eigenvalue weighted by Crippen LogP contribution is 1.95. The highest BCUT2D eigenvalue weighted by molar-refractivity contribution is 5.72. The Balaban J connectivity index is 2.57. The van der Waals surface area contributed by atoms with Crippen LogP contribution in [0.5, 0.6) is 0 Å². The quantitative estimate of drug-likeness (QED) is 0.463. The Bertz CT molecular complexity index is 113. The molecule has 0 amide bonds. The van der Waals surface area contributed by atoms with Gasteiger partial charge in [0.1, 0.15) is 0 Å². The van der Waals surface area contributed by atoms with Crippen LogP contribution in [-0.2, 0) is 0 Å². The minimum absolute atomic E-state index is 0.863. The minimum atomic E-state index is 0.863. The molecule has 0 bridgehead atoms. The summed E-state index contributed by atoms with van der Waals surface area (Å²) in [5.41, 5.74) is 6.34. The number of hydrogen-bond acceptors (Lipinski definition) is 2. The third kappa shape index (κ3) is 1.03. The molecule has 1 heterocycles. The zero-order chi connectivity index (χ0) is 5.11. The third-order valence-electron chi connectivity index (χ3n) is 0.924. The summed E-state index contributed by atoms with van der Waals surface area (Å²) in [6, 6.07) is 0. The second-order valence-corrected chi connectivity index (χ2v) is 1.55. The van der Waals surface area contributed by atoms with Gasteiger partial charge in [0, 0.05) is 24.9 Å². The molecule has 0 atom stereocenters. The molecule has 0 aromatic rings. The van der Waals surface area contributed by atoms with Crippen molar-refractivity contribution < 1.29 is 0 Å². The second-order valence-electron chi connectivity index (χ2n) is 1.55. The number of aliphatic imine (C=N–C) groups is 1. The molecule has 0 aliphatic carbocycles. The van der Waals surface area contributed by atoms with E-state index < -0.39 is 0 Å². The number of hydrogen-bond donors (Lipinski definition) is 1. The number of nitrogens with two attached hydrogens (primary N) is 1. The number of allylic oxidation sites excluding steroid dienone is 1. The van der Waals surface area contributed by atoms with Gasteiger partial charge in [-0.15, -0.1) is 0 Å². The summed E-state index contributed by atoms with van der Waals surface area (Å²) in [4.78, 5) is 3.95. The van der Waals surface area contributed by atoms with Gasteiger partial charge in [-0.3, -0.25) is 4.99 Å². The average Bonchev–Trinajstić information content (AvgIpc) is 1.69. The van der Waals surface area contributed by atoms with Gasteiger partial charge in [-0.25, -0.2) is 0 Å². The number of rotatable bonds is 0. The van der Waals surface area contributed by atoms with Crippen LogP contribution in [0.4, 0.5) is 0 Å². The van der Waals surface area contributed by atoms with E-state index >= 15 is 0 Å². The van der Waals surface area contributed by atoms with Crippen molar-refractivity contribution in [3.63, 3.8) is 0 Å². The van der Waals surface area contributed by atoms with Crippen molar-refractivity contribution in [2.45, 2.75) is 6.42 Å². The Morgan fingerprint density at radius 2 is 2.57 bits per heavy atom. The predicted molar refractivity (Wildman–Crippen MR) is 30.2 cm³/mol. The van der Waals surface area contributed by atoms with E-state index in [-0.39, 0.29) is 0 Å². The normalized spacial score (nSPS) is 19.1. The van der Waals surface area contributed by atoms with E-state index in [2.05, 4.69) is 4.99 Å². The summed E-state index contributed by atoms with van der Waals surface area (Å²) in [6.45, 7) is 0.863. The molecule has 2 N–H and O–H groups in total. The summed E-state index contributed by atoms with van der Waals surface area (Å²) in [7, 11) is 0. The molecular weight excluding hydrogens is 88.1 g/mol. The Hall–Kier alpha value is -0.790. The Labute approximate surface area is 42.7 Å².